The number of urea groups is 1. The van der Waals surface area contributed by atoms with Gasteiger partial charge in [-0.1, -0.05) is 17.4 Å². The van der Waals surface area contributed by atoms with E-state index in [0.717, 1.165) is 27.1 Å². The Labute approximate surface area is 222 Å². The van der Waals surface area contributed by atoms with Crippen LogP contribution in [0.1, 0.15) is 19.8 Å². The van der Waals surface area contributed by atoms with Gasteiger partial charge >= 0.3 is 12.0 Å². The van der Waals surface area contributed by atoms with Crippen molar-refractivity contribution in [2.24, 2.45) is 5.41 Å². The fourth-order valence-electron chi connectivity index (χ4n) is 4.36. The minimum absolute atomic E-state index is 0.213. The Bertz CT molecular complexity index is 1520. The van der Waals surface area contributed by atoms with Crippen molar-refractivity contribution in [2.75, 3.05) is 29.9 Å². The first-order valence-electron chi connectivity index (χ1n) is 12.1. The van der Waals surface area contributed by atoms with Gasteiger partial charge in [0.15, 0.2) is 10.5 Å². The van der Waals surface area contributed by atoms with Crippen LogP contribution in [0.4, 0.5) is 15.9 Å². The number of benzene rings is 1. The van der Waals surface area contributed by atoms with Gasteiger partial charge in [-0.15, -0.1) is 0 Å². The third kappa shape index (κ3) is 4.83. The predicted octanol–water partition coefficient (Wildman–Crippen LogP) is 4.15. The number of pyridine rings is 1. The van der Waals surface area contributed by atoms with Crippen molar-refractivity contribution in [3.8, 4) is 28.5 Å². The third-order valence-corrected chi connectivity index (χ3v) is 7.50. The minimum Gasteiger partial charge on any atom is -0.480 e. The number of aliphatic carboxylic acids is 1. The second-order valence-corrected chi connectivity index (χ2v) is 9.85. The number of rotatable bonds is 6. The second kappa shape index (κ2) is 10.4. The number of hydrogen-bond donors (Lipinski definition) is 3. The molecule has 1 aromatic carbocycles. The molecule has 5 rings (SSSR count). The van der Waals surface area contributed by atoms with E-state index in [2.05, 4.69) is 30.6 Å². The average Bonchev–Trinajstić information content (AvgIpc) is 3.35. The lowest BCUT2D eigenvalue weighted by atomic mass is 9.80. The van der Waals surface area contributed by atoms with E-state index in [1.54, 1.807) is 18.6 Å². The van der Waals surface area contributed by atoms with E-state index in [4.69, 9.17) is 0 Å². The summed E-state index contributed by atoms with van der Waals surface area (Å²) >= 11 is 1.38. The van der Waals surface area contributed by atoms with Crippen LogP contribution in [0.2, 0.25) is 0 Å². The summed E-state index contributed by atoms with van der Waals surface area (Å²) in [7, 11) is 0. The van der Waals surface area contributed by atoms with Gasteiger partial charge in [-0.05, 0) is 49.6 Å². The normalized spacial score (nSPS) is 14.6. The summed E-state index contributed by atoms with van der Waals surface area (Å²) in [5, 5.41) is 24.8. The zero-order valence-electron chi connectivity index (χ0n) is 20.5. The van der Waals surface area contributed by atoms with E-state index in [9.17, 15) is 20.0 Å². The average molecular weight is 529 g/mol. The van der Waals surface area contributed by atoms with Crippen LogP contribution in [0.5, 0.6) is 0 Å². The van der Waals surface area contributed by atoms with Crippen LogP contribution in [0.3, 0.4) is 0 Å². The minimum atomic E-state index is -1.35. The monoisotopic (exact) mass is 528 g/mol. The highest BCUT2D eigenvalue weighted by Gasteiger charge is 2.42. The maximum atomic E-state index is 12.0. The number of fused-ring (bicyclic) bond motifs is 1. The van der Waals surface area contributed by atoms with Crippen LogP contribution >= 0.6 is 11.3 Å². The van der Waals surface area contributed by atoms with Gasteiger partial charge in [0.05, 0.1) is 22.0 Å². The van der Waals surface area contributed by atoms with Crippen molar-refractivity contribution >= 4 is 44.6 Å². The number of piperidine rings is 1. The molecule has 0 saturated carbocycles. The van der Waals surface area contributed by atoms with E-state index >= 15 is 0 Å². The molecule has 1 aliphatic heterocycles. The summed E-state index contributed by atoms with van der Waals surface area (Å²) < 4.78 is 0.893. The number of carbonyl (C=O) groups is 2. The molecular formula is C26H24N8O3S. The largest absolute Gasteiger partial charge is 0.480 e. The molecule has 3 aromatic heterocycles. The number of carbonyl (C=O) groups excluding carboxylic acids is 1. The first-order chi connectivity index (χ1) is 18.4. The first-order valence-corrected chi connectivity index (χ1v) is 12.9. The zero-order chi connectivity index (χ0) is 26.7. The summed E-state index contributed by atoms with van der Waals surface area (Å²) in [6.07, 6.45) is 5.59. The van der Waals surface area contributed by atoms with Gasteiger partial charge in [-0.3, -0.25) is 15.1 Å². The number of amides is 2. The van der Waals surface area contributed by atoms with Crippen LogP contribution in [0.25, 0.3) is 32.6 Å². The third-order valence-electron chi connectivity index (χ3n) is 6.48. The van der Waals surface area contributed by atoms with Crippen molar-refractivity contribution in [1.29, 1.82) is 5.26 Å². The maximum absolute atomic E-state index is 12.0. The molecule has 1 aliphatic rings. The van der Waals surface area contributed by atoms with Gasteiger partial charge in [0.1, 0.15) is 0 Å². The van der Waals surface area contributed by atoms with Crippen LogP contribution < -0.4 is 15.5 Å². The summed E-state index contributed by atoms with van der Waals surface area (Å²) in [6, 6.07) is 11.3. The predicted molar refractivity (Wildman–Crippen MR) is 144 cm³/mol. The molecule has 0 aliphatic carbocycles. The van der Waals surface area contributed by atoms with Crippen LogP contribution in [0.15, 0.2) is 48.9 Å². The summed E-state index contributed by atoms with van der Waals surface area (Å²) in [4.78, 5) is 43.7. The molecule has 0 spiro atoms. The number of carboxylic acids is 1. The lowest BCUT2D eigenvalue weighted by molar-refractivity contribution is -0.146. The molecule has 0 unspecified atom stereocenters. The Balaban J connectivity index is 1.45. The SMILES string of the molecule is CCNC(=O)Nc1nc2cc(-c3cnc(N4CCC(C#N)(C(=O)O)CC4)nc3)cc(-c3ccccn3)c2s1. The number of nitrogens with one attached hydrogen (secondary N) is 2. The van der Waals surface area contributed by atoms with Crippen LogP contribution in [-0.4, -0.2) is 56.7 Å². The number of thiazole rings is 1. The van der Waals surface area contributed by atoms with Gasteiger partial charge in [0.2, 0.25) is 5.95 Å². The zero-order valence-corrected chi connectivity index (χ0v) is 21.3. The molecule has 2 amide bonds. The number of nitrogens with zero attached hydrogens (tertiary/aromatic N) is 6. The summed E-state index contributed by atoms with van der Waals surface area (Å²) in [5.74, 6) is -0.597. The van der Waals surface area contributed by atoms with E-state index in [1.165, 1.54) is 11.3 Å². The molecule has 12 heteroatoms. The van der Waals surface area contributed by atoms with Crippen molar-refractivity contribution in [3.63, 3.8) is 0 Å². The van der Waals surface area contributed by atoms with Crippen LogP contribution in [-0.2, 0) is 4.79 Å². The fourth-order valence-corrected chi connectivity index (χ4v) is 5.33. The number of nitriles is 1. The number of aromatic nitrogens is 4. The molecule has 192 valence electrons. The van der Waals surface area contributed by atoms with Gasteiger partial charge in [-0.2, -0.15) is 5.26 Å². The Morgan fingerprint density at radius 1 is 1.16 bits per heavy atom. The van der Waals surface area contributed by atoms with Crippen molar-refractivity contribution in [3.05, 3.63) is 48.9 Å². The fraction of sp³-hybridized carbons (Fsp3) is 0.269. The molecule has 1 saturated heterocycles. The highest BCUT2D eigenvalue weighted by molar-refractivity contribution is 7.22. The van der Waals surface area contributed by atoms with E-state index < -0.39 is 11.4 Å². The number of hydrogen-bond acceptors (Lipinski definition) is 9. The van der Waals surface area contributed by atoms with E-state index in [0.29, 0.717) is 36.2 Å². The quantitative estimate of drug-likeness (QED) is 0.334. The van der Waals surface area contributed by atoms with E-state index in [-0.39, 0.29) is 18.9 Å². The molecule has 3 N–H and O–H groups in total. The van der Waals surface area contributed by atoms with Gasteiger partial charge in [-0.25, -0.2) is 19.7 Å². The molecule has 1 fully saturated rings. The molecule has 0 radical (unpaired) electrons. The highest BCUT2D eigenvalue weighted by Crippen LogP contribution is 2.38. The first kappa shape index (κ1) is 25.0. The van der Waals surface area contributed by atoms with Gasteiger partial charge in [0, 0.05) is 49.4 Å². The summed E-state index contributed by atoms with van der Waals surface area (Å²) in [6.45, 7) is 3.12. The second-order valence-electron chi connectivity index (χ2n) is 8.85. The van der Waals surface area contributed by atoms with Crippen molar-refractivity contribution in [2.45, 2.75) is 19.8 Å². The maximum Gasteiger partial charge on any atom is 0.324 e. The molecule has 0 atom stereocenters. The van der Waals surface area contributed by atoms with Crippen LogP contribution in [0, 0.1) is 16.7 Å². The highest BCUT2D eigenvalue weighted by atomic mass is 32.1. The number of anilines is 2. The molecule has 4 aromatic rings. The van der Waals surface area contributed by atoms with Crippen molar-refractivity contribution in [1.82, 2.24) is 25.3 Å². The topological polar surface area (TPSA) is 157 Å². The lowest BCUT2D eigenvalue weighted by Gasteiger charge is -2.34. The summed E-state index contributed by atoms with van der Waals surface area (Å²) in [5.41, 5.74) is 2.62. The standard InChI is InChI=1S/C26H24N8O3S/c1-2-28-24(37)33-25-32-20-12-16(11-18(21(20)38-25)19-5-3-4-8-29-19)17-13-30-23(31-14-17)34-9-6-26(15-27,7-10-34)22(35)36/h3-5,8,11-14H,2,6-7,9-10H2,1H3,(H,35,36)(H2,28,32,33,37). The lowest BCUT2D eigenvalue weighted by Crippen LogP contribution is -2.44. The number of carboxylic acid groups (broad SMARTS) is 1. The molecular weight excluding hydrogens is 504 g/mol. The smallest absolute Gasteiger partial charge is 0.324 e. The van der Waals surface area contributed by atoms with E-state index in [1.807, 2.05) is 48.2 Å². The Morgan fingerprint density at radius 2 is 1.92 bits per heavy atom. The Morgan fingerprint density at radius 3 is 2.55 bits per heavy atom. The Hall–Kier alpha value is -4.63. The Kier molecular flexibility index (Phi) is 6.85. The molecule has 4 heterocycles. The molecule has 11 nitrogen and oxygen atoms in total. The molecule has 38 heavy (non-hydrogen) atoms. The molecule has 0 bridgehead atoms. The van der Waals surface area contributed by atoms with Gasteiger partial charge in [0.25, 0.3) is 0 Å². The van der Waals surface area contributed by atoms with Gasteiger partial charge < -0.3 is 15.3 Å². The van der Waals surface area contributed by atoms with Crippen molar-refractivity contribution < 1.29 is 14.7 Å².